The van der Waals surface area contributed by atoms with Crippen LogP contribution in [0, 0.1) is 0 Å². The van der Waals surface area contributed by atoms with Crippen LogP contribution >= 0.6 is 11.8 Å². The first-order chi connectivity index (χ1) is 8.59. The van der Waals surface area contributed by atoms with Gasteiger partial charge in [-0.25, -0.2) is 9.48 Å². The molecule has 1 N–H and O–H groups in total. The largest absolute Gasteiger partial charge is 0.480 e. The summed E-state index contributed by atoms with van der Waals surface area (Å²) in [5, 5.41) is 12.4. The molecule has 18 heavy (non-hydrogen) atoms. The van der Waals surface area contributed by atoms with Gasteiger partial charge in [-0.1, -0.05) is 6.07 Å². The predicted octanol–water partition coefficient (Wildman–Crippen LogP) is 0.702. The van der Waals surface area contributed by atoms with E-state index in [4.69, 9.17) is 5.11 Å². The SMILES string of the molecule is CC(SCCn1nc2ccccn2c1=O)C(=O)O. The molecule has 1 atom stereocenters. The number of aryl methyl sites for hydroxylation is 1. The van der Waals surface area contributed by atoms with Crippen LogP contribution < -0.4 is 5.69 Å². The molecule has 0 aliphatic carbocycles. The first-order valence-electron chi connectivity index (χ1n) is 5.48. The van der Waals surface area contributed by atoms with Crippen molar-refractivity contribution in [2.45, 2.75) is 18.7 Å². The van der Waals surface area contributed by atoms with Crippen molar-refractivity contribution in [3.63, 3.8) is 0 Å². The van der Waals surface area contributed by atoms with E-state index in [0.717, 1.165) is 0 Å². The van der Waals surface area contributed by atoms with Crippen molar-refractivity contribution in [1.29, 1.82) is 0 Å². The minimum atomic E-state index is -0.845. The van der Waals surface area contributed by atoms with Crippen molar-refractivity contribution in [2.24, 2.45) is 0 Å². The number of carboxylic acid groups (broad SMARTS) is 1. The third-order valence-electron chi connectivity index (χ3n) is 2.51. The second-order valence-electron chi connectivity index (χ2n) is 3.79. The Kier molecular flexibility index (Phi) is 3.71. The van der Waals surface area contributed by atoms with Gasteiger partial charge in [-0.05, 0) is 19.1 Å². The van der Waals surface area contributed by atoms with Crippen molar-refractivity contribution in [3.05, 3.63) is 34.9 Å². The summed E-state index contributed by atoms with van der Waals surface area (Å²) in [6.45, 7) is 2.03. The summed E-state index contributed by atoms with van der Waals surface area (Å²) in [5.74, 6) is -0.306. The summed E-state index contributed by atoms with van der Waals surface area (Å²) in [4.78, 5) is 22.5. The highest BCUT2D eigenvalue weighted by Crippen LogP contribution is 2.10. The van der Waals surface area contributed by atoms with Gasteiger partial charge in [0, 0.05) is 11.9 Å². The third kappa shape index (κ3) is 2.56. The summed E-state index contributed by atoms with van der Waals surface area (Å²) >= 11 is 1.29. The number of pyridine rings is 1. The summed E-state index contributed by atoms with van der Waals surface area (Å²) in [7, 11) is 0. The molecule has 96 valence electrons. The van der Waals surface area contributed by atoms with E-state index in [-0.39, 0.29) is 5.69 Å². The molecular weight excluding hydrogens is 254 g/mol. The second-order valence-corrected chi connectivity index (χ2v) is 5.23. The maximum Gasteiger partial charge on any atom is 0.350 e. The number of rotatable bonds is 5. The smallest absolute Gasteiger partial charge is 0.350 e. The number of hydrogen-bond acceptors (Lipinski definition) is 4. The number of nitrogens with zero attached hydrogens (tertiary/aromatic N) is 3. The van der Waals surface area contributed by atoms with E-state index in [1.165, 1.54) is 20.8 Å². The Bertz CT molecular complexity index is 619. The molecular formula is C11H13N3O3S. The lowest BCUT2D eigenvalue weighted by molar-refractivity contribution is -0.136. The lowest BCUT2D eigenvalue weighted by atomic mass is 10.5. The fourth-order valence-corrected chi connectivity index (χ4v) is 2.28. The van der Waals surface area contributed by atoms with Crippen LogP contribution in [-0.2, 0) is 11.3 Å². The van der Waals surface area contributed by atoms with Gasteiger partial charge < -0.3 is 5.11 Å². The molecule has 2 rings (SSSR count). The molecule has 0 spiro atoms. The highest BCUT2D eigenvalue weighted by Gasteiger charge is 2.11. The Morgan fingerprint density at radius 2 is 2.33 bits per heavy atom. The minimum absolute atomic E-state index is 0.200. The van der Waals surface area contributed by atoms with Crippen LogP contribution in [0.3, 0.4) is 0 Å². The zero-order valence-electron chi connectivity index (χ0n) is 9.81. The van der Waals surface area contributed by atoms with Crippen LogP contribution in [0.1, 0.15) is 6.92 Å². The molecule has 0 amide bonds. The van der Waals surface area contributed by atoms with E-state index in [0.29, 0.717) is 17.9 Å². The maximum atomic E-state index is 11.9. The molecule has 2 heterocycles. The molecule has 7 heteroatoms. The zero-order valence-corrected chi connectivity index (χ0v) is 10.6. The summed E-state index contributed by atoms with van der Waals surface area (Å²) in [5.41, 5.74) is 0.396. The van der Waals surface area contributed by atoms with Crippen molar-refractivity contribution in [3.8, 4) is 0 Å². The molecule has 0 aromatic carbocycles. The molecule has 0 bridgehead atoms. The van der Waals surface area contributed by atoms with Gasteiger partial charge in [0.25, 0.3) is 0 Å². The van der Waals surface area contributed by atoms with Gasteiger partial charge in [-0.2, -0.15) is 0 Å². The number of hydrogen-bond donors (Lipinski definition) is 1. The van der Waals surface area contributed by atoms with Gasteiger partial charge >= 0.3 is 11.7 Å². The lowest BCUT2D eigenvalue weighted by Crippen LogP contribution is -2.23. The Balaban J connectivity index is 2.06. The molecule has 2 aromatic heterocycles. The average Bonchev–Trinajstić information content (AvgIpc) is 2.67. The predicted molar refractivity (Wildman–Crippen MR) is 69.0 cm³/mol. The van der Waals surface area contributed by atoms with Gasteiger partial charge in [-0.3, -0.25) is 9.20 Å². The van der Waals surface area contributed by atoms with Crippen molar-refractivity contribution < 1.29 is 9.90 Å². The van der Waals surface area contributed by atoms with Gasteiger partial charge in [-0.15, -0.1) is 16.9 Å². The summed E-state index contributed by atoms with van der Waals surface area (Å²) in [6.07, 6.45) is 1.66. The van der Waals surface area contributed by atoms with Crippen LogP contribution in [0.4, 0.5) is 0 Å². The van der Waals surface area contributed by atoms with Crippen molar-refractivity contribution in [1.82, 2.24) is 14.2 Å². The van der Waals surface area contributed by atoms with Gasteiger partial charge in [0.15, 0.2) is 5.65 Å². The minimum Gasteiger partial charge on any atom is -0.480 e. The highest BCUT2D eigenvalue weighted by atomic mass is 32.2. The fraction of sp³-hybridized carbons (Fsp3) is 0.364. The van der Waals surface area contributed by atoms with E-state index in [1.807, 2.05) is 6.07 Å². The van der Waals surface area contributed by atoms with Crippen LogP contribution in [0.25, 0.3) is 5.65 Å². The zero-order chi connectivity index (χ0) is 13.1. The average molecular weight is 267 g/mol. The Hall–Kier alpha value is -1.76. The van der Waals surface area contributed by atoms with E-state index in [9.17, 15) is 9.59 Å². The Morgan fingerprint density at radius 1 is 1.56 bits per heavy atom. The highest BCUT2D eigenvalue weighted by molar-refractivity contribution is 8.00. The molecule has 0 fully saturated rings. The van der Waals surface area contributed by atoms with Crippen molar-refractivity contribution >= 4 is 23.4 Å². The van der Waals surface area contributed by atoms with Crippen LogP contribution in [-0.4, -0.2) is 36.3 Å². The van der Waals surface area contributed by atoms with Crippen LogP contribution in [0.5, 0.6) is 0 Å². The van der Waals surface area contributed by atoms with E-state index in [1.54, 1.807) is 25.3 Å². The normalized spacial score (nSPS) is 12.7. The number of fused-ring (bicyclic) bond motifs is 1. The molecule has 6 nitrogen and oxygen atoms in total. The number of thioether (sulfide) groups is 1. The molecule has 0 saturated carbocycles. The van der Waals surface area contributed by atoms with E-state index < -0.39 is 11.2 Å². The van der Waals surface area contributed by atoms with Crippen LogP contribution in [0.15, 0.2) is 29.2 Å². The monoisotopic (exact) mass is 267 g/mol. The molecule has 1 unspecified atom stereocenters. The first-order valence-corrected chi connectivity index (χ1v) is 6.53. The van der Waals surface area contributed by atoms with E-state index >= 15 is 0 Å². The maximum absolute atomic E-state index is 11.9. The molecule has 0 aliphatic rings. The fourth-order valence-electron chi connectivity index (χ4n) is 1.50. The molecule has 0 radical (unpaired) electrons. The standard InChI is InChI=1S/C11H13N3O3S/c1-8(10(15)16)18-7-6-14-11(17)13-5-3-2-4-9(13)12-14/h2-5,8H,6-7H2,1H3,(H,15,16). The Labute approximate surface area is 107 Å². The molecule has 2 aromatic rings. The van der Waals surface area contributed by atoms with Crippen LogP contribution in [0.2, 0.25) is 0 Å². The second kappa shape index (κ2) is 5.26. The molecule has 0 saturated heterocycles. The first kappa shape index (κ1) is 12.7. The number of aliphatic carboxylic acids is 1. The number of carbonyl (C=O) groups is 1. The van der Waals surface area contributed by atoms with E-state index in [2.05, 4.69) is 5.10 Å². The summed E-state index contributed by atoms with van der Waals surface area (Å²) < 4.78 is 2.82. The quantitative estimate of drug-likeness (QED) is 0.863. The summed E-state index contributed by atoms with van der Waals surface area (Å²) in [6, 6.07) is 5.33. The van der Waals surface area contributed by atoms with Gasteiger partial charge in [0.05, 0.1) is 11.8 Å². The van der Waals surface area contributed by atoms with Gasteiger partial charge in [0.2, 0.25) is 0 Å². The topological polar surface area (TPSA) is 76.6 Å². The number of aromatic nitrogens is 3. The molecule has 0 aliphatic heterocycles. The third-order valence-corrected chi connectivity index (χ3v) is 3.63. The number of carboxylic acids is 1. The van der Waals surface area contributed by atoms with Gasteiger partial charge in [0.1, 0.15) is 0 Å². The van der Waals surface area contributed by atoms with Crippen molar-refractivity contribution in [2.75, 3.05) is 5.75 Å². The lowest BCUT2D eigenvalue weighted by Gasteiger charge is -2.04. The Morgan fingerprint density at radius 3 is 3.00 bits per heavy atom.